The van der Waals surface area contributed by atoms with Gasteiger partial charge in [0.2, 0.25) is 11.5 Å². The van der Waals surface area contributed by atoms with Gasteiger partial charge in [0.1, 0.15) is 28.7 Å². The molecule has 0 bridgehead atoms. The highest BCUT2D eigenvalue weighted by atomic mass is 16.5. The van der Waals surface area contributed by atoms with Gasteiger partial charge in [0.05, 0.1) is 6.61 Å². The van der Waals surface area contributed by atoms with Gasteiger partial charge in [-0.25, -0.2) is 4.79 Å². The summed E-state index contributed by atoms with van der Waals surface area (Å²) in [7, 11) is 0. The molecule has 0 saturated heterocycles. The summed E-state index contributed by atoms with van der Waals surface area (Å²) in [6.07, 6.45) is 3.43. The van der Waals surface area contributed by atoms with Gasteiger partial charge in [0, 0.05) is 5.56 Å². The van der Waals surface area contributed by atoms with Crippen LogP contribution < -0.4 is 10.5 Å². The number of hydrogen-bond acceptors (Lipinski definition) is 6. The third kappa shape index (κ3) is 2.22. The van der Waals surface area contributed by atoms with E-state index in [2.05, 4.69) is 6.07 Å². The predicted molar refractivity (Wildman–Crippen MR) is 86.1 cm³/mol. The number of fused-ring (bicyclic) bond motifs is 1. The first-order valence-corrected chi connectivity index (χ1v) is 7.47. The maximum absolute atomic E-state index is 12.5. The molecule has 0 aromatic heterocycles. The SMILES string of the molecule is CCOC(=O)C1=C(N)OC(C)=C(C#N)C12C=Cc1ccccc1O2. The van der Waals surface area contributed by atoms with E-state index in [0.717, 1.165) is 5.56 Å². The monoisotopic (exact) mass is 324 g/mol. The van der Waals surface area contributed by atoms with Crippen molar-refractivity contribution in [2.45, 2.75) is 19.4 Å². The maximum Gasteiger partial charge on any atom is 0.344 e. The van der Waals surface area contributed by atoms with E-state index in [9.17, 15) is 10.1 Å². The van der Waals surface area contributed by atoms with Crippen LogP contribution >= 0.6 is 0 Å². The Labute approximate surface area is 139 Å². The molecule has 6 nitrogen and oxygen atoms in total. The van der Waals surface area contributed by atoms with Crippen LogP contribution in [0.2, 0.25) is 0 Å². The lowest BCUT2D eigenvalue weighted by molar-refractivity contribution is -0.140. The van der Waals surface area contributed by atoms with Gasteiger partial charge in [-0.1, -0.05) is 24.3 Å². The average molecular weight is 324 g/mol. The second kappa shape index (κ2) is 5.78. The third-order valence-electron chi connectivity index (χ3n) is 3.88. The summed E-state index contributed by atoms with van der Waals surface area (Å²) in [6, 6.07) is 9.39. The number of carbonyl (C=O) groups is 1. The normalized spacial score (nSPS) is 21.7. The van der Waals surface area contributed by atoms with Crippen molar-refractivity contribution in [1.82, 2.24) is 0 Å². The molecule has 3 rings (SSSR count). The highest BCUT2D eigenvalue weighted by Gasteiger charge is 2.51. The molecule has 2 aliphatic heterocycles. The second-order valence-corrected chi connectivity index (χ2v) is 5.31. The van der Waals surface area contributed by atoms with Gasteiger partial charge in [-0.3, -0.25) is 0 Å². The summed E-state index contributed by atoms with van der Waals surface area (Å²) in [5.74, 6) is 0.0115. The smallest absolute Gasteiger partial charge is 0.344 e. The fourth-order valence-corrected chi connectivity index (χ4v) is 2.85. The van der Waals surface area contributed by atoms with Gasteiger partial charge >= 0.3 is 5.97 Å². The van der Waals surface area contributed by atoms with Crippen molar-refractivity contribution in [3.05, 3.63) is 58.7 Å². The van der Waals surface area contributed by atoms with E-state index in [1.807, 2.05) is 18.2 Å². The molecule has 1 aromatic carbocycles. The first kappa shape index (κ1) is 15.7. The molecule has 2 heterocycles. The van der Waals surface area contributed by atoms with Crippen LogP contribution in [-0.2, 0) is 14.3 Å². The van der Waals surface area contributed by atoms with Crippen molar-refractivity contribution >= 4 is 12.0 Å². The maximum atomic E-state index is 12.5. The van der Waals surface area contributed by atoms with Gasteiger partial charge < -0.3 is 19.9 Å². The fraction of sp³-hybridized carbons (Fsp3) is 0.222. The van der Waals surface area contributed by atoms with Crippen LogP contribution in [0.25, 0.3) is 6.08 Å². The van der Waals surface area contributed by atoms with E-state index >= 15 is 0 Å². The Bertz CT molecular complexity index is 845. The quantitative estimate of drug-likeness (QED) is 0.839. The Morgan fingerprint density at radius 2 is 2.17 bits per heavy atom. The number of hydrogen-bond donors (Lipinski definition) is 1. The fourth-order valence-electron chi connectivity index (χ4n) is 2.85. The van der Waals surface area contributed by atoms with Crippen LogP contribution in [0.15, 0.2) is 53.1 Å². The van der Waals surface area contributed by atoms with Gasteiger partial charge in [-0.2, -0.15) is 5.26 Å². The minimum Gasteiger partial charge on any atom is -0.472 e. The zero-order valence-electron chi connectivity index (χ0n) is 13.3. The van der Waals surface area contributed by atoms with Gasteiger partial charge in [0.25, 0.3) is 0 Å². The van der Waals surface area contributed by atoms with Crippen LogP contribution in [0.4, 0.5) is 0 Å². The highest BCUT2D eigenvalue weighted by molar-refractivity contribution is 5.95. The number of esters is 1. The Balaban J connectivity index is 2.22. The molecule has 2 N–H and O–H groups in total. The molecule has 0 saturated carbocycles. The van der Waals surface area contributed by atoms with Crippen molar-refractivity contribution < 1.29 is 19.0 Å². The molecule has 24 heavy (non-hydrogen) atoms. The molecule has 0 aliphatic carbocycles. The molecule has 6 heteroatoms. The van der Waals surface area contributed by atoms with Crippen LogP contribution in [0.5, 0.6) is 5.75 Å². The van der Waals surface area contributed by atoms with Crippen LogP contribution in [-0.4, -0.2) is 18.2 Å². The Kier molecular flexibility index (Phi) is 3.78. The van der Waals surface area contributed by atoms with Gasteiger partial charge in [-0.15, -0.1) is 0 Å². The van der Waals surface area contributed by atoms with E-state index in [1.54, 1.807) is 32.1 Å². The van der Waals surface area contributed by atoms with Crippen LogP contribution in [0.3, 0.4) is 0 Å². The molecular formula is C18H16N2O4. The number of allylic oxidation sites excluding steroid dienone is 1. The number of para-hydroxylation sites is 1. The molecule has 0 fully saturated rings. The molecule has 1 aromatic rings. The molecular weight excluding hydrogens is 308 g/mol. The summed E-state index contributed by atoms with van der Waals surface area (Å²) in [6.45, 7) is 3.45. The lowest BCUT2D eigenvalue weighted by atomic mass is 9.81. The molecule has 122 valence electrons. The van der Waals surface area contributed by atoms with E-state index in [4.69, 9.17) is 19.9 Å². The molecule has 0 radical (unpaired) electrons. The summed E-state index contributed by atoms with van der Waals surface area (Å²) in [4.78, 5) is 12.5. The van der Waals surface area contributed by atoms with Crippen LogP contribution in [0, 0.1) is 11.3 Å². The molecule has 1 unspecified atom stereocenters. The molecule has 2 aliphatic rings. The second-order valence-electron chi connectivity index (χ2n) is 5.31. The van der Waals surface area contributed by atoms with E-state index < -0.39 is 11.6 Å². The minimum atomic E-state index is -1.46. The Hall–Kier alpha value is -3.20. The van der Waals surface area contributed by atoms with Crippen molar-refractivity contribution in [1.29, 1.82) is 5.26 Å². The molecule has 0 amide bonds. The number of carbonyl (C=O) groups excluding carboxylic acids is 1. The lowest BCUT2D eigenvalue weighted by Crippen LogP contribution is -2.47. The lowest BCUT2D eigenvalue weighted by Gasteiger charge is -2.38. The predicted octanol–water partition coefficient (Wildman–Crippen LogP) is 2.39. The van der Waals surface area contributed by atoms with Crippen molar-refractivity contribution in [3.8, 4) is 11.8 Å². The van der Waals surface area contributed by atoms with Crippen LogP contribution in [0.1, 0.15) is 19.4 Å². The van der Waals surface area contributed by atoms with Crippen molar-refractivity contribution in [2.24, 2.45) is 5.73 Å². The summed E-state index contributed by atoms with van der Waals surface area (Å²) in [5, 5.41) is 9.63. The van der Waals surface area contributed by atoms with Crippen molar-refractivity contribution in [2.75, 3.05) is 6.61 Å². The number of rotatable bonds is 2. The number of nitrogens with zero attached hydrogens (tertiary/aromatic N) is 1. The van der Waals surface area contributed by atoms with E-state index in [1.165, 1.54) is 0 Å². The first-order valence-electron chi connectivity index (χ1n) is 7.47. The number of nitriles is 1. The van der Waals surface area contributed by atoms with E-state index in [-0.39, 0.29) is 29.4 Å². The van der Waals surface area contributed by atoms with Crippen molar-refractivity contribution in [3.63, 3.8) is 0 Å². The Morgan fingerprint density at radius 1 is 1.42 bits per heavy atom. The number of nitrogens with two attached hydrogens (primary N) is 1. The topological polar surface area (TPSA) is 94.6 Å². The average Bonchev–Trinajstić information content (AvgIpc) is 2.55. The summed E-state index contributed by atoms with van der Waals surface area (Å²) in [5.41, 5.74) is 5.45. The number of benzene rings is 1. The van der Waals surface area contributed by atoms with Gasteiger partial charge in [0.15, 0.2) is 0 Å². The summed E-state index contributed by atoms with van der Waals surface area (Å²) >= 11 is 0. The largest absolute Gasteiger partial charge is 0.472 e. The molecule has 1 atom stereocenters. The van der Waals surface area contributed by atoms with Gasteiger partial charge in [-0.05, 0) is 26.0 Å². The zero-order chi connectivity index (χ0) is 17.3. The molecule has 1 spiro atoms. The van der Waals surface area contributed by atoms with E-state index in [0.29, 0.717) is 5.75 Å². The third-order valence-corrected chi connectivity index (χ3v) is 3.88. The number of ether oxygens (including phenoxy) is 3. The highest BCUT2D eigenvalue weighted by Crippen LogP contribution is 2.44. The standard InChI is InChI=1S/C18H16N2O4/c1-3-22-17(21)15-16(20)23-11(2)13(10-19)18(15)9-8-12-6-4-5-7-14(12)24-18/h4-9H,3,20H2,1-2H3. The Morgan fingerprint density at radius 3 is 2.88 bits per heavy atom. The zero-order valence-corrected chi connectivity index (χ0v) is 13.3. The summed E-state index contributed by atoms with van der Waals surface area (Å²) < 4.78 is 16.6. The first-order chi connectivity index (χ1) is 11.5. The minimum absolute atomic E-state index is 0.0303.